The van der Waals surface area contributed by atoms with Crippen LogP contribution in [0.15, 0.2) is 18.2 Å². The molecule has 1 heterocycles. The Labute approximate surface area is 117 Å². The number of ketones is 1. The minimum absolute atomic E-state index is 0.101. The number of fused-ring (bicyclic) bond motifs is 1. The number of carbonyl (C=O) groups excluding carboxylic acids is 2. The molecule has 2 rings (SSSR count). The minimum atomic E-state index is -4.89. The van der Waals surface area contributed by atoms with Crippen LogP contribution in [0.5, 0.6) is 5.75 Å². The molecule has 1 aliphatic heterocycles. The minimum Gasteiger partial charge on any atom is -0.406 e. The number of amides is 1. The van der Waals surface area contributed by atoms with Crippen molar-refractivity contribution in [2.45, 2.75) is 31.7 Å². The highest BCUT2D eigenvalue weighted by molar-refractivity contribution is 6.07. The second kappa shape index (κ2) is 5.03. The summed E-state index contributed by atoms with van der Waals surface area (Å²) in [5.74, 6) is -1.80. The van der Waals surface area contributed by atoms with Crippen LogP contribution >= 0.6 is 0 Å². The molecule has 114 valence electrons. The number of rotatable bonds is 4. The van der Waals surface area contributed by atoms with Gasteiger partial charge in [-0.1, -0.05) is 6.92 Å². The van der Waals surface area contributed by atoms with Crippen LogP contribution in [-0.2, 0) is 15.2 Å². The van der Waals surface area contributed by atoms with Crippen molar-refractivity contribution < 1.29 is 32.6 Å². The Morgan fingerprint density at radius 3 is 2.67 bits per heavy atom. The summed E-state index contributed by atoms with van der Waals surface area (Å²) in [6.45, 7) is 1.56. The van der Waals surface area contributed by atoms with Crippen molar-refractivity contribution in [3.8, 4) is 5.75 Å². The lowest BCUT2D eigenvalue weighted by Crippen LogP contribution is -2.36. The predicted molar refractivity (Wildman–Crippen MR) is 65.6 cm³/mol. The molecule has 0 saturated carbocycles. The molecule has 21 heavy (non-hydrogen) atoms. The van der Waals surface area contributed by atoms with Gasteiger partial charge < -0.3 is 15.2 Å². The lowest BCUT2D eigenvalue weighted by molar-refractivity contribution is -0.274. The molecule has 0 bridgehead atoms. The Morgan fingerprint density at radius 2 is 2.10 bits per heavy atom. The third-order valence-corrected chi connectivity index (χ3v) is 3.14. The Bertz CT molecular complexity index is 600. The van der Waals surface area contributed by atoms with Crippen molar-refractivity contribution in [2.75, 3.05) is 5.32 Å². The van der Waals surface area contributed by atoms with Crippen LogP contribution in [0.4, 0.5) is 18.9 Å². The number of anilines is 1. The predicted octanol–water partition coefficient (Wildman–Crippen LogP) is 2.09. The summed E-state index contributed by atoms with van der Waals surface area (Å²) in [6.07, 6.45) is -5.29. The largest absolute Gasteiger partial charge is 0.573 e. The first-order valence-electron chi connectivity index (χ1n) is 6.11. The van der Waals surface area contributed by atoms with Crippen LogP contribution in [0, 0.1) is 0 Å². The molecule has 8 heteroatoms. The highest BCUT2D eigenvalue weighted by Gasteiger charge is 2.47. The van der Waals surface area contributed by atoms with Gasteiger partial charge in [0, 0.05) is 24.1 Å². The number of nitrogens with one attached hydrogen (secondary N) is 1. The number of ether oxygens (including phenoxy) is 1. The van der Waals surface area contributed by atoms with Gasteiger partial charge in [-0.05, 0) is 18.2 Å². The fraction of sp³-hybridized carbons (Fsp3) is 0.385. The Kier molecular flexibility index (Phi) is 3.66. The molecule has 1 aromatic carbocycles. The van der Waals surface area contributed by atoms with E-state index in [0.29, 0.717) is 0 Å². The van der Waals surface area contributed by atoms with Crippen LogP contribution in [0.1, 0.15) is 25.3 Å². The van der Waals surface area contributed by atoms with Crippen molar-refractivity contribution in [3.05, 3.63) is 23.8 Å². The number of halogens is 3. The SMILES string of the molecule is CCC(=O)C[C@@]1(O)C(=O)Nc2ccc(OC(F)(F)F)cc21. The van der Waals surface area contributed by atoms with E-state index in [2.05, 4.69) is 10.1 Å². The van der Waals surface area contributed by atoms with Crippen molar-refractivity contribution in [3.63, 3.8) is 0 Å². The summed E-state index contributed by atoms with van der Waals surface area (Å²) >= 11 is 0. The second-order valence-corrected chi connectivity index (χ2v) is 4.64. The molecule has 0 aromatic heterocycles. The number of hydrogen-bond acceptors (Lipinski definition) is 4. The van der Waals surface area contributed by atoms with Crippen molar-refractivity contribution in [1.82, 2.24) is 0 Å². The highest BCUT2D eigenvalue weighted by Crippen LogP contribution is 2.41. The Morgan fingerprint density at radius 1 is 1.43 bits per heavy atom. The summed E-state index contributed by atoms with van der Waals surface area (Å²) in [4.78, 5) is 23.3. The van der Waals surface area contributed by atoms with Gasteiger partial charge in [-0.15, -0.1) is 13.2 Å². The molecule has 1 amide bonds. The van der Waals surface area contributed by atoms with Crippen molar-refractivity contribution in [1.29, 1.82) is 0 Å². The molecular formula is C13H12F3NO4. The standard InChI is InChI=1S/C13H12F3NO4/c1-2-7(18)6-12(20)9-5-8(21-13(14,15)16)3-4-10(9)17-11(12)19/h3-5,20H,2,6H2,1H3,(H,17,19)/t12-/m0/s1. The molecule has 1 aliphatic rings. The van der Waals surface area contributed by atoms with Crippen LogP contribution < -0.4 is 10.1 Å². The number of carbonyl (C=O) groups is 2. The van der Waals surface area contributed by atoms with Crippen molar-refractivity contribution in [2.24, 2.45) is 0 Å². The Balaban J connectivity index is 2.39. The fourth-order valence-corrected chi connectivity index (χ4v) is 2.11. The van der Waals surface area contributed by atoms with Crippen LogP contribution in [0.2, 0.25) is 0 Å². The Hall–Kier alpha value is -2.09. The first kappa shape index (κ1) is 15.3. The summed E-state index contributed by atoms with van der Waals surface area (Å²) in [7, 11) is 0. The third-order valence-electron chi connectivity index (χ3n) is 3.14. The van der Waals surface area contributed by atoms with Gasteiger partial charge in [0.05, 0.1) is 0 Å². The number of alkyl halides is 3. The molecular weight excluding hydrogens is 291 g/mol. The molecule has 0 aliphatic carbocycles. The van der Waals surface area contributed by atoms with E-state index in [0.717, 1.165) is 12.1 Å². The first-order valence-corrected chi connectivity index (χ1v) is 6.11. The van der Waals surface area contributed by atoms with E-state index in [4.69, 9.17) is 0 Å². The van der Waals surface area contributed by atoms with Crippen LogP contribution in [0.25, 0.3) is 0 Å². The van der Waals surface area contributed by atoms with Crippen LogP contribution in [-0.4, -0.2) is 23.2 Å². The van der Waals surface area contributed by atoms with E-state index in [9.17, 15) is 27.9 Å². The molecule has 2 N–H and O–H groups in total. The maximum atomic E-state index is 12.2. The molecule has 0 saturated heterocycles. The van der Waals surface area contributed by atoms with E-state index < -0.39 is 30.0 Å². The average Bonchev–Trinajstić information content (AvgIpc) is 2.60. The summed E-state index contributed by atoms with van der Waals surface area (Å²) < 4.78 is 40.4. The maximum Gasteiger partial charge on any atom is 0.573 e. The van der Waals surface area contributed by atoms with E-state index in [1.165, 1.54) is 6.07 Å². The molecule has 0 fully saturated rings. The molecule has 0 unspecified atom stereocenters. The first-order chi connectivity index (χ1) is 9.65. The van der Waals surface area contributed by atoms with Gasteiger partial charge in [-0.25, -0.2) is 0 Å². The number of benzene rings is 1. The van der Waals surface area contributed by atoms with Crippen molar-refractivity contribution >= 4 is 17.4 Å². The number of aliphatic hydroxyl groups is 1. The zero-order chi connectivity index (χ0) is 15.8. The maximum absolute atomic E-state index is 12.2. The van der Waals surface area contributed by atoms with E-state index in [1.807, 2.05) is 0 Å². The molecule has 1 aromatic rings. The summed E-state index contributed by atoms with van der Waals surface area (Å²) in [6, 6.07) is 3.10. The summed E-state index contributed by atoms with van der Waals surface area (Å²) in [5, 5.41) is 12.7. The zero-order valence-corrected chi connectivity index (χ0v) is 11.0. The van der Waals surface area contributed by atoms with Gasteiger partial charge in [0.15, 0.2) is 5.60 Å². The number of Topliss-reactive ketones (excluding diaryl/α,β-unsaturated/α-hetero) is 1. The highest BCUT2D eigenvalue weighted by atomic mass is 19.4. The fourth-order valence-electron chi connectivity index (χ4n) is 2.11. The average molecular weight is 303 g/mol. The van der Waals surface area contributed by atoms with Gasteiger partial charge in [-0.2, -0.15) is 0 Å². The topological polar surface area (TPSA) is 75.6 Å². The lowest BCUT2D eigenvalue weighted by Gasteiger charge is -2.20. The van der Waals surface area contributed by atoms with E-state index >= 15 is 0 Å². The van der Waals surface area contributed by atoms with Gasteiger partial charge in [-0.3, -0.25) is 9.59 Å². The third kappa shape index (κ3) is 2.99. The van der Waals surface area contributed by atoms with Crippen LogP contribution in [0.3, 0.4) is 0 Å². The van der Waals surface area contributed by atoms with E-state index in [1.54, 1.807) is 6.92 Å². The molecule has 0 radical (unpaired) electrons. The zero-order valence-electron chi connectivity index (χ0n) is 11.0. The molecule has 5 nitrogen and oxygen atoms in total. The van der Waals surface area contributed by atoms with Gasteiger partial charge in [0.2, 0.25) is 0 Å². The van der Waals surface area contributed by atoms with Gasteiger partial charge in [0.1, 0.15) is 11.5 Å². The monoisotopic (exact) mass is 303 g/mol. The molecule has 1 atom stereocenters. The molecule has 0 spiro atoms. The normalized spacial score (nSPS) is 20.9. The quantitative estimate of drug-likeness (QED) is 0.893. The van der Waals surface area contributed by atoms with Gasteiger partial charge in [0.25, 0.3) is 5.91 Å². The summed E-state index contributed by atoms with van der Waals surface area (Å²) in [5.41, 5.74) is -2.12. The number of hydrogen-bond donors (Lipinski definition) is 2. The van der Waals surface area contributed by atoms with Gasteiger partial charge >= 0.3 is 6.36 Å². The smallest absolute Gasteiger partial charge is 0.406 e. The lowest BCUT2D eigenvalue weighted by atomic mass is 9.89. The second-order valence-electron chi connectivity index (χ2n) is 4.64. The van der Waals surface area contributed by atoms with E-state index in [-0.39, 0.29) is 23.5 Å².